The number of aromatic nitrogens is 2. The van der Waals surface area contributed by atoms with Crippen LogP contribution >= 0.6 is 11.3 Å². The Hall–Kier alpha value is -2.93. The van der Waals surface area contributed by atoms with Gasteiger partial charge in [0, 0.05) is 35.6 Å². The summed E-state index contributed by atoms with van der Waals surface area (Å²) in [6, 6.07) is 12.7. The van der Waals surface area contributed by atoms with E-state index in [1.165, 1.54) is 23.3 Å². The Balaban J connectivity index is 1.59. The Labute approximate surface area is 180 Å². The van der Waals surface area contributed by atoms with Crippen LogP contribution in [-0.4, -0.2) is 33.6 Å². The van der Waals surface area contributed by atoms with Crippen LogP contribution in [0.25, 0.3) is 10.4 Å². The molecule has 154 valence electrons. The number of carbonyl (C=O) groups excluding carboxylic acids is 1. The van der Waals surface area contributed by atoms with Crippen molar-refractivity contribution in [1.82, 2.24) is 14.7 Å². The van der Waals surface area contributed by atoms with Gasteiger partial charge in [-0.25, -0.2) is 4.99 Å². The summed E-state index contributed by atoms with van der Waals surface area (Å²) in [4.78, 5) is 21.8. The lowest BCUT2D eigenvalue weighted by molar-refractivity contribution is -0.130. The first-order valence-corrected chi connectivity index (χ1v) is 11.0. The molecule has 30 heavy (non-hydrogen) atoms. The number of hydrogen-bond acceptors (Lipinski definition) is 5. The molecule has 1 aliphatic carbocycles. The summed E-state index contributed by atoms with van der Waals surface area (Å²) in [7, 11) is 3.60. The van der Waals surface area contributed by atoms with E-state index in [1.54, 1.807) is 23.1 Å². The molecular formula is C23H25N5OS. The van der Waals surface area contributed by atoms with Crippen molar-refractivity contribution < 1.29 is 4.79 Å². The van der Waals surface area contributed by atoms with E-state index in [0.29, 0.717) is 5.92 Å². The fourth-order valence-corrected chi connectivity index (χ4v) is 5.38. The first-order chi connectivity index (χ1) is 14.4. The number of benzene rings is 1. The topological polar surface area (TPSA) is 76.5 Å². The van der Waals surface area contributed by atoms with E-state index in [9.17, 15) is 4.79 Å². The van der Waals surface area contributed by atoms with Crippen molar-refractivity contribution in [2.45, 2.75) is 37.1 Å². The van der Waals surface area contributed by atoms with Crippen LogP contribution in [0.1, 0.15) is 47.6 Å². The van der Waals surface area contributed by atoms with Gasteiger partial charge in [0.15, 0.2) is 5.96 Å². The Morgan fingerprint density at radius 2 is 1.80 bits per heavy atom. The van der Waals surface area contributed by atoms with Crippen molar-refractivity contribution in [3.8, 4) is 10.4 Å². The predicted octanol–water partition coefficient (Wildman–Crippen LogP) is 3.81. The number of rotatable bonds is 4. The van der Waals surface area contributed by atoms with Gasteiger partial charge in [-0.3, -0.25) is 14.4 Å². The van der Waals surface area contributed by atoms with Crippen LogP contribution in [0.5, 0.6) is 0 Å². The average Bonchev–Trinajstić information content (AvgIpc) is 3.28. The Morgan fingerprint density at radius 3 is 2.43 bits per heavy atom. The number of guanidine groups is 1. The molecule has 3 heterocycles. The molecule has 2 atom stereocenters. The molecule has 3 aromatic rings. The Kier molecular flexibility index (Phi) is 4.32. The molecule has 1 aliphatic heterocycles. The molecule has 0 bridgehead atoms. The largest absolute Gasteiger partial charge is 0.369 e. The zero-order chi connectivity index (χ0) is 21.0. The lowest BCUT2D eigenvalue weighted by Gasteiger charge is -2.40. The lowest BCUT2D eigenvalue weighted by Crippen LogP contribution is -2.52. The molecule has 1 fully saturated rings. The lowest BCUT2D eigenvalue weighted by atomic mass is 9.77. The number of carbonyl (C=O) groups is 1. The number of thiophene rings is 1. The molecule has 1 aromatic carbocycles. The molecule has 0 radical (unpaired) electrons. The standard InChI is InChI=1S/C23H25N5OS/c1-23(19-11-10-18(30-19)17-12-25-27(2)13-17)20(21(29)28(3)22(24)26-23)16-8-6-15(7-9-16)14-4-5-14/h6-14,20H,4-5H2,1-3H3,(H2,24,26)/t20-,23+/m0/s1. The maximum absolute atomic E-state index is 13.4. The van der Waals surface area contributed by atoms with Gasteiger partial charge in [0.05, 0.1) is 12.1 Å². The molecule has 0 spiro atoms. The molecule has 2 aliphatic rings. The van der Waals surface area contributed by atoms with Crippen LogP contribution in [0.3, 0.4) is 0 Å². The second kappa shape index (κ2) is 6.80. The smallest absolute Gasteiger partial charge is 0.239 e. The maximum Gasteiger partial charge on any atom is 0.239 e. The van der Waals surface area contributed by atoms with E-state index in [4.69, 9.17) is 10.7 Å². The van der Waals surface area contributed by atoms with Gasteiger partial charge in [-0.15, -0.1) is 11.3 Å². The zero-order valence-electron chi connectivity index (χ0n) is 17.4. The summed E-state index contributed by atoms with van der Waals surface area (Å²) < 4.78 is 1.79. The first-order valence-electron chi connectivity index (χ1n) is 10.2. The minimum Gasteiger partial charge on any atom is -0.369 e. The van der Waals surface area contributed by atoms with E-state index in [0.717, 1.165) is 20.9 Å². The van der Waals surface area contributed by atoms with Crippen LogP contribution in [-0.2, 0) is 17.4 Å². The van der Waals surface area contributed by atoms with E-state index in [2.05, 4.69) is 41.5 Å². The predicted molar refractivity (Wildman–Crippen MR) is 119 cm³/mol. The van der Waals surface area contributed by atoms with E-state index < -0.39 is 11.5 Å². The quantitative estimate of drug-likeness (QED) is 0.699. The first kappa shape index (κ1) is 19.1. The minimum absolute atomic E-state index is 0.0273. The monoisotopic (exact) mass is 419 g/mol. The van der Waals surface area contributed by atoms with E-state index in [-0.39, 0.29) is 11.9 Å². The third kappa shape index (κ3) is 3.04. The zero-order valence-corrected chi connectivity index (χ0v) is 18.2. The third-order valence-corrected chi connectivity index (χ3v) is 7.60. The van der Waals surface area contributed by atoms with Gasteiger partial charge in [-0.1, -0.05) is 24.3 Å². The molecule has 5 rings (SSSR count). The number of nitrogens with zero attached hydrogens (tertiary/aromatic N) is 4. The molecule has 1 amide bonds. The van der Waals surface area contributed by atoms with Gasteiger partial charge in [0.1, 0.15) is 5.54 Å². The van der Waals surface area contributed by atoms with Crippen LogP contribution in [0.4, 0.5) is 0 Å². The number of likely N-dealkylation sites (N-methyl/N-ethyl adjacent to an activating group) is 1. The molecular weight excluding hydrogens is 394 g/mol. The highest BCUT2D eigenvalue weighted by Gasteiger charge is 2.48. The molecule has 1 saturated carbocycles. The number of aryl methyl sites for hydroxylation is 1. The maximum atomic E-state index is 13.4. The summed E-state index contributed by atoms with van der Waals surface area (Å²) in [5.41, 5.74) is 8.79. The number of aliphatic imine (C=N–C) groups is 1. The van der Waals surface area contributed by atoms with Crippen LogP contribution < -0.4 is 5.73 Å². The highest BCUT2D eigenvalue weighted by atomic mass is 32.1. The number of nitrogens with two attached hydrogens (primary N) is 1. The SMILES string of the molecule is CN1C(=O)[C@H](c2ccc(C3CC3)cc2)[C@@](C)(c2ccc(-c3cnn(C)c3)s2)N=C1N. The van der Waals surface area contributed by atoms with Gasteiger partial charge in [-0.2, -0.15) is 5.10 Å². The van der Waals surface area contributed by atoms with Crippen molar-refractivity contribution >= 4 is 23.2 Å². The summed E-state index contributed by atoms with van der Waals surface area (Å²) in [5.74, 6) is 0.483. The fraction of sp³-hybridized carbons (Fsp3) is 0.348. The normalized spacial score (nSPS) is 24.2. The molecule has 2 aromatic heterocycles. The summed E-state index contributed by atoms with van der Waals surface area (Å²) >= 11 is 1.64. The molecule has 7 heteroatoms. The highest BCUT2D eigenvalue weighted by Crippen LogP contribution is 2.48. The summed E-state index contributed by atoms with van der Waals surface area (Å²) in [6.45, 7) is 2.02. The van der Waals surface area contributed by atoms with Crippen molar-refractivity contribution in [2.75, 3.05) is 7.05 Å². The van der Waals surface area contributed by atoms with Gasteiger partial charge in [0.25, 0.3) is 0 Å². The van der Waals surface area contributed by atoms with Crippen LogP contribution in [0.15, 0.2) is 53.8 Å². The van der Waals surface area contributed by atoms with Crippen molar-refractivity contribution in [1.29, 1.82) is 0 Å². The molecule has 0 unspecified atom stereocenters. The number of amides is 1. The Morgan fingerprint density at radius 1 is 1.10 bits per heavy atom. The van der Waals surface area contributed by atoms with E-state index >= 15 is 0 Å². The molecule has 2 N–H and O–H groups in total. The number of hydrogen-bond donors (Lipinski definition) is 1. The summed E-state index contributed by atoms with van der Waals surface area (Å²) in [5, 5.41) is 4.27. The van der Waals surface area contributed by atoms with Crippen LogP contribution in [0, 0.1) is 0 Å². The van der Waals surface area contributed by atoms with Crippen molar-refractivity contribution in [3.05, 3.63) is 64.8 Å². The average molecular weight is 420 g/mol. The van der Waals surface area contributed by atoms with Gasteiger partial charge >= 0.3 is 0 Å². The highest BCUT2D eigenvalue weighted by molar-refractivity contribution is 7.15. The molecule has 0 saturated heterocycles. The Bertz CT molecular complexity index is 1140. The second-order valence-electron chi connectivity index (χ2n) is 8.46. The minimum atomic E-state index is -0.764. The van der Waals surface area contributed by atoms with Gasteiger partial charge in [0.2, 0.25) is 5.91 Å². The van der Waals surface area contributed by atoms with Crippen molar-refractivity contribution in [3.63, 3.8) is 0 Å². The van der Waals surface area contributed by atoms with Gasteiger partial charge < -0.3 is 5.73 Å². The van der Waals surface area contributed by atoms with E-state index in [1.807, 2.05) is 26.4 Å². The fourth-order valence-electron chi connectivity index (χ4n) is 4.28. The summed E-state index contributed by atoms with van der Waals surface area (Å²) in [6.07, 6.45) is 6.36. The molecule has 6 nitrogen and oxygen atoms in total. The second-order valence-corrected chi connectivity index (χ2v) is 9.54. The van der Waals surface area contributed by atoms with Gasteiger partial charge in [-0.05, 0) is 48.9 Å². The van der Waals surface area contributed by atoms with Crippen molar-refractivity contribution in [2.24, 2.45) is 17.8 Å². The van der Waals surface area contributed by atoms with Crippen LogP contribution in [0.2, 0.25) is 0 Å². The third-order valence-electron chi connectivity index (χ3n) is 6.24.